The molecule has 10 nitrogen and oxygen atoms in total. The van der Waals surface area contributed by atoms with E-state index in [0.29, 0.717) is 51.2 Å². The van der Waals surface area contributed by atoms with Crippen molar-refractivity contribution in [3.05, 3.63) is 58.1 Å². The summed E-state index contributed by atoms with van der Waals surface area (Å²) in [6, 6.07) is 2.78. The number of likely N-dealkylation sites (N-methyl/N-ethyl adjacent to an activating group) is 2. The van der Waals surface area contributed by atoms with Gasteiger partial charge in [0.1, 0.15) is 16.9 Å². The molecule has 0 saturated carbocycles. The van der Waals surface area contributed by atoms with E-state index < -0.39 is 23.0 Å². The Hall–Kier alpha value is -4.58. The number of halogens is 2. The standard InChI is InChI=1S/C30H33F2N7O3/c1-14(2)21(37(4)5)13-38(6)26-17(15-8-16-27(40)18(30(41)42)12-39(7)29(16)35-10-15)11-34-28-23(26)22-24(32)19(31)9-20(33-3)25(22)36-28/h8-12,14,21,33H,13H2,1-7H3,(H,34,36)(H,41,42)/t21-/m0/s1. The maximum absolute atomic E-state index is 15.6. The Morgan fingerprint density at radius 2 is 1.86 bits per heavy atom. The zero-order chi connectivity index (χ0) is 30.6. The number of nitrogens with zero attached hydrogens (tertiary/aromatic N) is 5. The Kier molecular flexibility index (Phi) is 7.35. The van der Waals surface area contributed by atoms with Crippen LogP contribution >= 0.6 is 0 Å². The summed E-state index contributed by atoms with van der Waals surface area (Å²) in [6.07, 6.45) is 4.41. The molecule has 4 aromatic heterocycles. The zero-order valence-electron chi connectivity index (χ0n) is 24.5. The van der Waals surface area contributed by atoms with Crippen molar-refractivity contribution in [2.75, 3.05) is 45.0 Å². The van der Waals surface area contributed by atoms with E-state index >= 15 is 4.39 Å². The van der Waals surface area contributed by atoms with Crippen molar-refractivity contribution in [3.63, 3.8) is 0 Å². The highest BCUT2D eigenvalue weighted by Gasteiger charge is 2.27. The smallest absolute Gasteiger partial charge is 0.341 e. The third-order valence-corrected chi connectivity index (χ3v) is 7.86. The van der Waals surface area contributed by atoms with E-state index in [0.717, 1.165) is 6.07 Å². The van der Waals surface area contributed by atoms with Crippen molar-refractivity contribution in [1.82, 2.24) is 24.4 Å². The van der Waals surface area contributed by atoms with Crippen LogP contribution in [-0.4, -0.2) is 76.3 Å². The minimum absolute atomic E-state index is 0.0503. The highest BCUT2D eigenvalue weighted by molar-refractivity contribution is 6.18. The summed E-state index contributed by atoms with van der Waals surface area (Å²) < 4.78 is 32.0. The molecule has 3 N–H and O–H groups in total. The molecular formula is C30H33F2N7O3. The number of aromatic amines is 1. The number of fused-ring (bicyclic) bond motifs is 4. The van der Waals surface area contributed by atoms with E-state index in [1.54, 1.807) is 32.6 Å². The van der Waals surface area contributed by atoms with Crippen LogP contribution in [0, 0.1) is 17.6 Å². The van der Waals surface area contributed by atoms with E-state index in [-0.39, 0.29) is 28.3 Å². The SMILES string of the molecule is CNc1cc(F)c(F)c2c1[nH]c1ncc(-c3cnc4c(c3)c(=O)c(C(=O)O)cn4C)c(N(C)C[C@@H](C(C)C)N(C)C)c12. The second-order valence-corrected chi connectivity index (χ2v) is 11.1. The van der Waals surface area contributed by atoms with E-state index in [4.69, 9.17) is 0 Å². The van der Waals surface area contributed by atoms with Crippen molar-refractivity contribution in [3.8, 4) is 11.1 Å². The summed E-state index contributed by atoms with van der Waals surface area (Å²) in [6.45, 7) is 4.76. The van der Waals surface area contributed by atoms with Crippen molar-refractivity contribution in [2.45, 2.75) is 19.9 Å². The van der Waals surface area contributed by atoms with Gasteiger partial charge in [0.05, 0.1) is 33.1 Å². The lowest BCUT2D eigenvalue weighted by atomic mass is 9.99. The summed E-state index contributed by atoms with van der Waals surface area (Å²) in [4.78, 5) is 41.2. The van der Waals surface area contributed by atoms with Gasteiger partial charge in [0, 0.05) is 69.5 Å². The lowest BCUT2D eigenvalue weighted by molar-refractivity contribution is 0.0695. The Labute approximate surface area is 240 Å². The highest BCUT2D eigenvalue weighted by atomic mass is 19.2. The molecule has 220 valence electrons. The molecule has 4 heterocycles. The third-order valence-electron chi connectivity index (χ3n) is 7.86. The normalized spacial score (nSPS) is 12.6. The molecule has 0 aliphatic rings. The quantitative estimate of drug-likeness (QED) is 0.244. The molecule has 0 unspecified atom stereocenters. The first-order valence-corrected chi connectivity index (χ1v) is 13.5. The van der Waals surface area contributed by atoms with Gasteiger partial charge < -0.3 is 29.8 Å². The molecule has 12 heteroatoms. The van der Waals surface area contributed by atoms with Gasteiger partial charge in [0.2, 0.25) is 5.43 Å². The maximum atomic E-state index is 15.6. The van der Waals surface area contributed by atoms with Gasteiger partial charge in [-0.3, -0.25) is 4.79 Å². The summed E-state index contributed by atoms with van der Waals surface area (Å²) >= 11 is 0. The van der Waals surface area contributed by atoms with Crippen molar-refractivity contribution in [2.24, 2.45) is 13.0 Å². The van der Waals surface area contributed by atoms with E-state index in [9.17, 15) is 19.1 Å². The van der Waals surface area contributed by atoms with Gasteiger partial charge in [-0.15, -0.1) is 0 Å². The number of nitrogens with one attached hydrogen (secondary N) is 2. The fraction of sp³-hybridized carbons (Fsp3) is 0.333. The number of rotatable bonds is 8. The maximum Gasteiger partial charge on any atom is 0.341 e. The second-order valence-electron chi connectivity index (χ2n) is 11.1. The van der Waals surface area contributed by atoms with Gasteiger partial charge in [-0.05, 0) is 26.1 Å². The van der Waals surface area contributed by atoms with Gasteiger partial charge in [-0.2, -0.15) is 0 Å². The number of pyridine rings is 3. The Balaban J connectivity index is 1.88. The Morgan fingerprint density at radius 1 is 1.14 bits per heavy atom. The monoisotopic (exact) mass is 577 g/mol. The topological polar surface area (TPSA) is 119 Å². The van der Waals surface area contributed by atoms with Crippen LogP contribution in [0.5, 0.6) is 0 Å². The molecule has 0 radical (unpaired) electrons. The number of carboxylic acid groups (broad SMARTS) is 1. The lowest BCUT2D eigenvalue weighted by Crippen LogP contribution is -2.42. The summed E-state index contributed by atoms with van der Waals surface area (Å²) in [5, 5.41) is 13.1. The first kappa shape index (κ1) is 28.9. The largest absolute Gasteiger partial charge is 0.477 e. The summed E-state index contributed by atoms with van der Waals surface area (Å²) in [7, 11) is 9.10. The molecule has 0 saturated heterocycles. The number of benzene rings is 1. The predicted octanol–water partition coefficient (Wildman–Crippen LogP) is 4.67. The average molecular weight is 578 g/mol. The van der Waals surface area contributed by atoms with Crippen molar-refractivity contribution < 1.29 is 18.7 Å². The van der Waals surface area contributed by atoms with Crippen LogP contribution in [-0.2, 0) is 7.05 Å². The summed E-state index contributed by atoms with van der Waals surface area (Å²) in [5.74, 6) is -3.08. The number of aromatic nitrogens is 4. The van der Waals surface area contributed by atoms with Gasteiger partial charge in [-0.25, -0.2) is 23.5 Å². The van der Waals surface area contributed by atoms with Crippen LogP contribution in [0.1, 0.15) is 24.2 Å². The second kappa shape index (κ2) is 10.7. The molecule has 5 rings (SSSR count). The number of carboxylic acids is 1. The number of H-pyrrole nitrogens is 1. The molecular weight excluding hydrogens is 544 g/mol. The van der Waals surface area contributed by atoms with Gasteiger partial charge in [-0.1, -0.05) is 13.8 Å². The first-order chi connectivity index (χ1) is 19.8. The average Bonchev–Trinajstić information content (AvgIpc) is 3.34. The highest BCUT2D eigenvalue weighted by Crippen LogP contribution is 2.43. The molecule has 0 fully saturated rings. The molecule has 0 aliphatic heterocycles. The molecule has 0 spiro atoms. The summed E-state index contributed by atoms with van der Waals surface area (Å²) in [5.41, 5.74) is 1.94. The predicted molar refractivity (Wildman–Crippen MR) is 162 cm³/mol. The van der Waals surface area contributed by atoms with Crippen molar-refractivity contribution in [1.29, 1.82) is 0 Å². The third kappa shape index (κ3) is 4.61. The molecule has 0 amide bonds. The van der Waals surface area contributed by atoms with Crippen LogP contribution in [0.15, 0.2) is 35.5 Å². The Morgan fingerprint density at radius 3 is 2.48 bits per heavy atom. The number of carbonyl (C=O) groups is 1. The number of anilines is 2. The minimum Gasteiger partial charge on any atom is -0.477 e. The van der Waals surface area contributed by atoms with E-state index in [2.05, 4.69) is 39.0 Å². The molecule has 42 heavy (non-hydrogen) atoms. The van der Waals surface area contributed by atoms with Crippen LogP contribution in [0.2, 0.25) is 0 Å². The van der Waals surface area contributed by atoms with Crippen LogP contribution in [0.25, 0.3) is 44.1 Å². The number of aryl methyl sites for hydroxylation is 1. The van der Waals surface area contributed by atoms with E-state index in [1.165, 1.54) is 10.8 Å². The molecule has 5 aromatic rings. The van der Waals surface area contributed by atoms with Crippen molar-refractivity contribution >= 4 is 50.3 Å². The molecule has 1 aromatic carbocycles. The number of hydrogen-bond acceptors (Lipinski definition) is 7. The number of aromatic carboxylic acids is 1. The van der Waals surface area contributed by atoms with Crippen LogP contribution in [0.4, 0.5) is 20.2 Å². The Bertz CT molecular complexity index is 1920. The van der Waals surface area contributed by atoms with Crippen LogP contribution < -0.4 is 15.6 Å². The fourth-order valence-electron chi connectivity index (χ4n) is 5.75. The van der Waals surface area contributed by atoms with Gasteiger partial charge in [0.25, 0.3) is 0 Å². The van der Waals surface area contributed by atoms with Crippen LogP contribution in [0.3, 0.4) is 0 Å². The minimum atomic E-state index is -1.34. The number of hydrogen-bond donors (Lipinski definition) is 3. The van der Waals surface area contributed by atoms with Gasteiger partial charge >= 0.3 is 5.97 Å². The lowest BCUT2D eigenvalue weighted by Gasteiger charge is -2.34. The molecule has 0 bridgehead atoms. The first-order valence-electron chi connectivity index (χ1n) is 13.5. The molecule has 0 aliphatic carbocycles. The molecule has 1 atom stereocenters. The van der Waals surface area contributed by atoms with Gasteiger partial charge in [0.15, 0.2) is 11.6 Å². The van der Waals surface area contributed by atoms with E-state index in [1.807, 2.05) is 26.0 Å². The fourth-order valence-corrected chi connectivity index (χ4v) is 5.75. The zero-order valence-corrected chi connectivity index (χ0v) is 24.5.